The van der Waals surface area contributed by atoms with E-state index in [1.54, 1.807) is 14.2 Å². The van der Waals surface area contributed by atoms with Gasteiger partial charge in [-0.1, -0.05) is 30.3 Å². The van der Waals surface area contributed by atoms with Crippen LogP contribution in [0, 0.1) is 0 Å². The van der Waals surface area contributed by atoms with E-state index in [9.17, 15) is 0 Å². The van der Waals surface area contributed by atoms with Crippen molar-refractivity contribution in [3.05, 3.63) is 35.9 Å². The average Bonchev–Trinajstić information content (AvgIpc) is 2.21. The summed E-state index contributed by atoms with van der Waals surface area (Å²) in [7, 11) is 2.03. The molecule has 1 aromatic carbocycles. The van der Waals surface area contributed by atoms with E-state index in [1.165, 1.54) is 5.56 Å². The third-order valence-corrected chi connectivity index (χ3v) is 2.86. The van der Waals surface area contributed by atoms with Crippen LogP contribution < -0.4 is 4.98 Å². The highest BCUT2D eigenvalue weighted by molar-refractivity contribution is 6.40. The normalized spacial score (nSPS) is 10.7. The first-order chi connectivity index (χ1) is 6.36. The fourth-order valence-electron chi connectivity index (χ4n) is 0.998. The molecule has 0 atom stereocenters. The molecule has 0 unspecified atom stereocenters. The van der Waals surface area contributed by atoms with Crippen molar-refractivity contribution in [1.82, 2.24) is 4.98 Å². The van der Waals surface area contributed by atoms with Crippen LogP contribution in [0.2, 0.25) is 0 Å². The van der Waals surface area contributed by atoms with Crippen LogP contribution >= 0.6 is 0 Å². The van der Waals surface area contributed by atoms with Gasteiger partial charge in [0.2, 0.25) is 0 Å². The Labute approximate surface area is 80.6 Å². The fourth-order valence-corrected chi connectivity index (χ4v) is 1.80. The summed E-state index contributed by atoms with van der Waals surface area (Å²) in [5, 5.41) is 0. The molecule has 3 nitrogen and oxygen atoms in total. The number of hydrogen-bond acceptors (Lipinski definition) is 3. The third-order valence-electron chi connectivity index (χ3n) is 1.65. The van der Waals surface area contributed by atoms with Crippen LogP contribution in [0.1, 0.15) is 5.56 Å². The molecule has 1 rings (SSSR count). The van der Waals surface area contributed by atoms with Crippen LogP contribution in [0.15, 0.2) is 30.3 Å². The van der Waals surface area contributed by atoms with Gasteiger partial charge in [0.1, 0.15) is 0 Å². The van der Waals surface area contributed by atoms with Crippen molar-refractivity contribution in [2.45, 2.75) is 6.54 Å². The third kappa shape index (κ3) is 3.69. The summed E-state index contributed by atoms with van der Waals surface area (Å²) in [5.41, 5.74) is 1.24. The van der Waals surface area contributed by atoms with Gasteiger partial charge in [-0.2, -0.15) is 0 Å². The van der Waals surface area contributed by atoms with Crippen LogP contribution in [0.5, 0.6) is 0 Å². The summed E-state index contributed by atoms with van der Waals surface area (Å²) in [5.74, 6) is 0. The Morgan fingerprint density at radius 3 is 2.31 bits per heavy atom. The van der Waals surface area contributed by atoms with Gasteiger partial charge >= 0.3 is 9.45 Å². The van der Waals surface area contributed by atoms with E-state index in [-0.39, 0.29) is 0 Å². The molecule has 0 aliphatic carbocycles. The molecule has 0 heterocycles. The van der Waals surface area contributed by atoms with Gasteiger partial charge in [0.05, 0.1) is 0 Å². The maximum absolute atomic E-state index is 5.09. The molecule has 13 heavy (non-hydrogen) atoms. The summed E-state index contributed by atoms with van der Waals surface area (Å²) in [6, 6.07) is 10.2. The molecule has 0 bridgehead atoms. The first kappa shape index (κ1) is 10.4. The Bertz CT molecular complexity index is 226. The highest BCUT2D eigenvalue weighted by Gasteiger charge is 2.10. The van der Waals surface area contributed by atoms with Crippen molar-refractivity contribution in [3.8, 4) is 0 Å². The van der Waals surface area contributed by atoms with Crippen LogP contribution in [-0.2, 0) is 15.4 Å². The van der Waals surface area contributed by atoms with Crippen LogP contribution in [0.4, 0.5) is 0 Å². The van der Waals surface area contributed by atoms with Crippen LogP contribution in [0.25, 0.3) is 0 Å². The van der Waals surface area contributed by atoms with Gasteiger partial charge < -0.3 is 8.85 Å². The Kier molecular flexibility index (Phi) is 4.70. The van der Waals surface area contributed by atoms with Crippen molar-refractivity contribution in [3.63, 3.8) is 0 Å². The number of benzene rings is 1. The predicted octanol–water partition coefficient (Wildman–Crippen LogP) is 1.05. The second-order valence-electron chi connectivity index (χ2n) is 2.53. The van der Waals surface area contributed by atoms with Gasteiger partial charge in [-0.15, -0.1) is 0 Å². The summed E-state index contributed by atoms with van der Waals surface area (Å²) in [6.45, 7) is 0.789. The molecule has 1 N–H and O–H groups in total. The molecule has 0 aromatic heterocycles. The highest BCUT2D eigenvalue weighted by atomic mass is 28.3. The van der Waals surface area contributed by atoms with E-state index in [0.29, 0.717) is 0 Å². The van der Waals surface area contributed by atoms with Gasteiger partial charge in [0.25, 0.3) is 0 Å². The van der Waals surface area contributed by atoms with Crippen molar-refractivity contribution in [2.75, 3.05) is 14.2 Å². The Hall–Kier alpha value is -0.683. The van der Waals surface area contributed by atoms with E-state index in [2.05, 4.69) is 17.1 Å². The highest BCUT2D eigenvalue weighted by Crippen LogP contribution is 1.97. The standard InChI is InChI=1S/C9H14NO2Si/c1-11-13(12-2)10-8-9-6-4-3-5-7-9/h3-7,10H,8H2,1-2H3. The largest absolute Gasteiger partial charge is 0.487 e. The smallest absolute Gasteiger partial charge is 0.384 e. The van der Waals surface area contributed by atoms with Gasteiger partial charge in [-0.05, 0) is 5.56 Å². The molecule has 0 amide bonds. The molecule has 4 heteroatoms. The van der Waals surface area contributed by atoms with Gasteiger partial charge in [0, 0.05) is 20.8 Å². The fraction of sp³-hybridized carbons (Fsp3) is 0.333. The van der Waals surface area contributed by atoms with Gasteiger partial charge in [0.15, 0.2) is 0 Å². The lowest BCUT2D eigenvalue weighted by Crippen LogP contribution is -2.37. The van der Waals surface area contributed by atoms with E-state index in [4.69, 9.17) is 8.85 Å². The van der Waals surface area contributed by atoms with Crippen molar-refractivity contribution >= 4 is 9.45 Å². The summed E-state index contributed by atoms with van der Waals surface area (Å²) in [6.07, 6.45) is 0. The van der Waals surface area contributed by atoms with Crippen molar-refractivity contribution in [2.24, 2.45) is 0 Å². The van der Waals surface area contributed by atoms with E-state index < -0.39 is 9.45 Å². The molecule has 1 aromatic rings. The summed E-state index contributed by atoms with van der Waals surface area (Å²) in [4.78, 5) is 3.19. The second kappa shape index (κ2) is 5.88. The zero-order valence-electron chi connectivity index (χ0n) is 7.91. The maximum atomic E-state index is 5.09. The van der Waals surface area contributed by atoms with Crippen molar-refractivity contribution in [1.29, 1.82) is 0 Å². The molecule has 0 saturated heterocycles. The number of rotatable bonds is 5. The minimum absolute atomic E-state index is 0.789. The predicted molar refractivity (Wildman–Crippen MR) is 53.1 cm³/mol. The molecular weight excluding hydrogens is 182 g/mol. The monoisotopic (exact) mass is 196 g/mol. The van der Waals surface area contributed by atoms with Crippen molar-refractivity contribution < 1.29 is 8.85 Å². The van der Waals surface area contributed by atoms with E-state index in [0.717, 1.165) is 6.54 Å². The molecule has 0 aliphatic heterocycles. The Morgan fingerprint density at radius 2 is 1.77 bits per heavy atom. The average molecular weight is 196 g/mol. The second-order valence-corrected chi connectivity index (χ2v) is 4.28. The number of hydrogen-bond donors (Lipinski definition) is 1. The summed E-state index contributed by atoms with van der Waals surface area (Å²) < 4.78 is 10.2. The Morgan fingerprint density at radius 1 is 1.15 bits per heavy atom. The summed E-state index contributed by atoms with van der Waals surface area (Å²) >= 11 is 0. The SMILES string of the molecule is CO[Si](NCc1ccccc1)OC. The first-order valence-electron chi connectivity index (χ1n) is 4.09. The molecular formula is C9H14NO2Si. The topological polar surface area (TPSA) is 30.5 Å². The lowest BCUT2D eigenvalue weighted by atomic mass is 10.2. The quantitative estimate of drug-likeness (QED) is 0.714. The molecule has 0 saturated carbocycles. The van der Waals surface area contributed by atoms with Crippen LogP contribution in [0.3, 0.4) is 0 Å². The lowest BCUT2D eigenvalue weighted by molar-refractivity contribution is 0.264. The Balaban J connectivity index is 2.34. The molecule has 0 fully saturated rings. The first-order valence-corrected chi connectivity index (χ1v) is 5.41. The molecule has 0 spiro atoms. The zero-order valence-corrected chi connectivity index (χ0v) is 8.91. The van der Waals surface area contributed by atoms with E-state index >= 15 is 0 Å². The molecule has 1 radical (unpaired) electrons. The molecule has 0 aliphatic rings. The lowest BCUT2D eigenvalue weighted by Gasteiger charge is -2.09. The zero-order chi connectivity index (χ0) is 9.52. The molecule has 71 valence electrons. The van der Waals surface area contributed by atoms with Crippen LogP contribution in [-0.4, -0.2) is 23.7 Å². The van der Waals surface area contributed by atoms with Gasteiger partial charge in [-0.3, -0.25) is 4.98 Å². The maximum Gasteiger partial charge on any atom is 0.487 e. The number of nitrogens with one attached hydrogen (secondary N) is 1. The minimum Gasteiger partial charge on any atom is -0.384 e. The minimum atomic E-state index is -1.27. The van der Waals surface area contributed by atoms with Gasteiger partial charge in [-0.25, -0.2) is 0 Å². The van der Waals surface area contributed by atoms with E-state index in [1.807, 2.05) is 18.2 Å².